The maximum absolute atomic E-state index is 13.0. The Labute approximate surface area is 209 Å². The van der Waals surface area contributed by atoms with E-state index in [9.17, 15) is 13.2 Å². The average Bonchev–Trinajstić information content (AvgIpc) is 3.25. The maximum atomic E-state index is 13.0. The van der Waals surface area contributed by atoms with E-state index in [2.05, 4.69) is 15.1 Å². The minimum absolute atomic E-state index is 0.107. The summed E-state index contributed by atoms with van der Waals surface area (Å²) in [6, 6.07) is 18.8. The van der Waals surface area contributed by atoms with Gasteiger partial charge in [-0.1, -0.05) is 60.7 Å². The molecule has 0 aliphatic carbocycles. The predicted octanol–water partition coefficient (Wildman–Crippen LogP) is 6.29. The van der Waals surface area contributed by atoms with Crippen LogP contribution in [0.2, 0.25) is 5.28 Å². The minimum Gasteiger partial charge on any atom is -0.467 e. The van der Waals surface area contributed by atoms with E-state index in [1.165, 1.54) is 4.68 Å². The highest BCUT2D eigenvalue weighted by molar-refractivity contribution is 6.28. The Hall–Kier alpha value is -3.50. The molecule has 1 atom stereocenters. The third kappa shape index (κ3) is 5.34. The number of alkyl halides is 3. The lowest BCUT2D eigenvalue weighted by molar-refractivity contribution is -0.153. The zero-order valence-corrected chi connectivity index (χ0v) is 19.7. The number of fused-ring (bicyclic) bond motifs is 1. The largest absolute Gasteiger partial charge is 0.467 e. The second-order valence-electron chi connectivity index (χ2n) is 8.18. The lowest BCUT2D eigenvalue weighted by Gasteiger charge is -2.22. The number of aliphatic imine (C=N–C) groups is 1. The first-order valence-corrected chi connectivity index (χ1v) is 11.7. The van der Waals surface area contributed by atoms with Crippen LogP contribution in [0.15, 0.2) is 65.7 Å². The van der Waals surface area contributed by atoms with Crippen LogP contribution in [-0.2, 0) is 4.74 Å². The van der Waals surface area contributed by atoms with E-state index in [0.29, 0.717) is 18.7 Å². The molecule has 3 heterocycles. The molecule has 11 heteroatoms. The van der Waals surface area contributed by atoms with Crippen molar-refractivity contribution in [2.24, 2.45) is 4.99 Å². The third-order valence-electron chi connectivity index (χ3n) is 5.59. The second-order valence-corrected chi connectivity index (χ2v) is 8.52. The van der Waals surface area contributed by atoms with Crippen LogP contribution in [-0.4, -0.2) is 44.9 Å². The van der Waals surface area contributed by atoms with E-state index in [1.54, 1.807) is 0 Å². The van der Waals surface area contributed by atoms with Crippen LogP contribution in [0, 0.1) is 0 Å². The highest BCUT2D eigenvalue weighted by Crippen LogP contribution is 2.37. The Morgan fingerprint density at radius 2 is 1.69 bits per heavy atom. The van der Waals surface area contributed by atoms with Crippen molar-refractivity contribution in [3.63, 3.8) is 0 Å². The zero-order chi connectivity index (χ0) is 25.1. The molecule has 1 unspecified atom stereocenters. The maximum Gasteiger partial charge on any atom is 0.422 e. The Morgan fingerprint density at radius 3 is 2.28 bits per heavy atom. The molecule has 0 amide bonds. The van der Waals surface area contributed by atoms with Gasteiger partial charge < -0.3 is 9.47 Å². The van der Waals surface area contributed by atoms with Gasteiger partial charge in [0.1, 0.15) is 5.39 Å². The zero-order valence-electron chi connectivity index (χ0n) is 19.0. The molecule has 0 saturated carbocycles. The molecular formula is C25H21ClF3N5O2. The van der Waals surface area contributed by atoms with Gasteiger partial charge in [-0.3, -0.25) is 0 Å². The minimum atomic E-state index is -4.57. The molecule has 7 nitrogen and oxygen atoms in total. The van der Waals surface area contributed by atoms with Crippen molar-refractivity contribution in [1.29, 1.82) is 0 Å². The van der Waals surface area contributed by atoms with Gasteiger partial charge >= 0.3 is 6.18 Å². The fourth-order valence-corrected chi connectivity index (χ4v) is 4.17. The van der Waals surface area contributed by atoms with Gasteiger partial charge in [0, 0.05) is 17.7 Å². The van der Waals surface area contributed by atoms with Crippen molar-refractivity contribution < 1.29 is 22.6 Å². The summed E-state index contributed by atoms with van der Waals surface area (Å²) < 4.78 is 51.5. The summed E-state index contributed by atoms with van der Waals surface area (Å²) >= 11 is 6.09. The summed E-state index contributed by atoms with van der Waals surface area (Å²) in [7, 11) is 0. The van der Waals surface area contributed by atoms with E-state index in [-0.39, 0.29) is 28.0 Å². The van der Waals surface area contributed by atoms with Crippen LogP contribution in [0.3, 0.4) is 0 Å². The Kier molecular flexibility index (Phi) is 6.88. The molecule has 1 aliphatic heterocycles. The van der Waals surface area contributed by atoms with Gasteiger partial charge in [-0.15, -0.1) is 5.10 Å². The predicted molar refractivity (Wildman–Crippen MR) is 129 cm³/mol. The van der Waals surface area contributed by atoms with E-state index in [1.807, 2.05) is 60.7 Å². The average molecular weight is 516 g/mol. The molecule has 0 bridgehead atoms. The molecule has 0 spiro atoms. The molecule has 186 valence electrons. The van der Waals surface area contributed by atoms with Crippen molar-refractivity contribution >= 4 is 34.2 Å². The van der Waals surface area contributed by atoms with Crippen molar-refractivity contribution in [2.45, 2.75) is 31.7 Å². The first-order valence-electron chi connectivity index (χ1n) is 11.4. The van der Waals surface area contributed by atoms with E-state index in [4.69, 9.17) is 26.1 Å². The Morgan fingerprint density at radius 1 is 1.03 bits per heavy atom. The highest BCUT2D eigenvalue weighted by Gasteiger charge is 2.31. The van der Waals surface area contributed by atoms with Gasteiger partial charge in [-0.05, 0) is 30.9 Å². The number of nitrogens with zero attached hydrogens (tertiary/aromatic N) is 5. The quantitative estimate of drug-likeness (QED) is 0.223. The summed E-state index contributed by atoms with van der Waals surface area (Å²) in [5.41, 5.74) is 2.36. The van der Waals surface area contributed by atoms with Crippen molar-refractivity contribution in [1.82, 2.24) is 19.7 Å². The summed E-state index contributed by atoms with van der Waals surface area (Å²) in [5, 5.41) is 4.49. The summed E-state index contributed by atoms with van der Waals surface area (Å²) in [4.78, 5) is 13.0. The number of rotatable bonds is 6. The first-order chi connectivity index (χ1) is 17.4. The van der Waals surface area contributed by atoms with Gasteiger partial charge in [0.2, 0.25) is 11.2 Å². The molecule has 1 fully saturated rings. The number of hydrogen-bond acceptors (Lipinski definition) is 6. The lowest BCUT2D eigenvalue weighted by atomic mass is 10.0. The summed E-state index contributed by atoms with van der Waals surface area (Å²) in [6.07, 6.45) is -2.58. The molecule has 1 aliphatic rings. The summed E-state index contributed by atoms with van der Waals surface area (Å²) in [6.45, 7) is -1.02. The number of aromatic nitrogens is 4. The van der Waals surface area contributed by atoms with Gasteiger partial charge in [0.05, 0.1) is 5.71 Å². The van der Waals surface area contributed by atoms with Gasteiger partial charge in [-0.25, -0.2) is 9.67 Å². The first kappa shape index (κ1) is 24.2. The standard InChI is InChI=1S/C25H21ClF3N5O2/c26-24-31-22-19(23(32-24)36-15-25(27,28)29)21(33-34(22)18-13-7-8-14-35-18)30-20(16-9-3-1-4-10-16)17-11-5-2-6-12-17/h1-6,9-12,18H,7-8,13-15H2. The number of ether oxygens (including phenoxy) is 2. The summed E-state index contributed by atoms with van der Waals surface area (Å²) in [5.74, 6) is -0.237. The molecule has 36 heavy (non-hydrogen) atoms. The van der Waals surface area contributed by atoms with Crippen molar-refractivity contribution in [3.8, 4) is 5.88 Å². The Balaban J connectivity index is 1.73. The highest BCUT2D eigenvalue weighted by atomic mass is 35.5. The number of benzene rings is 2. The molecule has 2 aromatic carbocycles. The monoisotopic (exact) mass is 515 g/mol. The van der Waals surface area contributed by atoms with Crippen molar-refractivity contribution in [3.05, 3.63) is 77.1 Å². The topological polar surface area (TPSA) is 74.4 Å². The molecule has 4 aromatic rings. The van der Waals surface area contributed by atoms with Crippen LogP contribution >= 0.6 is 11.6 Å². The Bertz CT molecular complexity index is 1330. The van der Waals surface area contributed by atoms with E-state index in [0.717, 1.165) is 24.0 Å². The smallest absolute Gasteiger partial charge is 0.422 e. The second kappa shape index (κ2) is 10.2. The molecule has 0 N–H and O–H groups in total. The molecule has 2 aromatic heterocycles. The van der Waals surface area contributed by atoms with E-state index >= 15 is 0 Å². The third-order valence-corrected chi connectivity index (χ3v) is 5.75. The molecule has 1 saturated heterocycles. The van der Waals surface area contributed by atoms with Crippen LogP contribution in [0.5, 0.6) is 5.88 Å². The van der Waals surface area contributed by atoms with Crippen LogP contribution in [0.1, 0.15) is 36.6 Å². The molecule has 5 rings (SSSR count). The van der Waals surface area contributed by atoms with Crippen LogP contribution in [0.4, 0.5) is 19.0 Å². The lowest BCUT2D eigenvalue weighted by Crippen LogP contribution is -2.20. The van der Waals surface area contributed by atoms with Gasteiger partial charge in [0.15, 0.2) is 24.3 Å². The fraction of sp³-hybridized carbons (Fsp3) is 0.280. The van der Waals surface area contributed by atoms with Gasteiger partial charge in [0.25, 0.3) is 0 Å². The van der Waals surface area contributed by atoms with Crippen LogP contribution < -0.4 is 4.74 Å². The van der Waals surface area contributed by atoms with E-state index < -0.39 is 19.0 Å². The van der Waals surface area contributed by atoms with Gasteiger partial charge in [-0.2, -0.15) is 23.1 Å². The number of halogens is 4. The molecule has 0 radical (unpaired) electrons. The normalized spacial score (nSPS) is 16.2. The van der Waals surface area contributed by atoms with Crippen molar-refractivity contribution in [2.75, 3.05) is 13.2 Å². The fourth-order valence-electron chi connectivity index (χ4n) is 4.01. The SMILES string of the molecule is FC(F)(F)COc1nc(Cl)nc2c1c(N=C(c1ccccc1)c1ccccc1)nn2C1CCCCO1. The molecular weight excluding hydrogens is 495 g/mol. The number of hydrogen-bond donors (Lipinski definition) is 0. The van der Waals surface area contributed by atoms with Crippen LogP contribution in [0.25, 0.3) is 11.0 Å².